The van der Waals surface area contributed by atoms with E-state index in [1.807, 2.05) is 36.4 Å². The van der Waals surface area contributed by atoms with Gasteiger partial charge < -0.3 is 15.2 Å². The third-order valence-corrected chi connectivity index (χ3v) is 4.07. The van der Waals surface area contributed by atoms with E-state index in [4.69, 9.17) is 15.2 Å². The van der Waals surface area contributed by atoms with Crippen molar-refractivity contribution in [3.63, 3.8) is 0 Å². The molecule has 0 aliphatic rings. The summed E-state index contributed by atoms with van der Waals surface area (Å²) in [6.07, 6.45) is 0. The normalized spacial score (nSPS) is 10.3. The van der Waals surface area contributed by atoms with Crippen molar-refractivity contribution in [1.29, 1.82) is 0 Å². The second-order valence-electron chi connectivity index (χ2n) is 3.92. The first kappa shape index (κ1) is 14.2. The van der Waals surface area contributed by atoms with E-state index in [0.29, 0.717) is 12.3 Å². The molecule has 100 valence electrons. The first-order valence-corrected chi connectivity index (χ1v) is 7.19. The van der Waals surface area contributed by atoms with Gasteiger partial charge in [-0.25, -0.2) is 0 Å². The predicted molar refractivity (Wildman–Crippen MR) is 83.6 cm³/mol. The number of anilines is 1. The molecule has 0 radical (unpaired) electrons. The van der Waals surface area contributed by atoms with Gasteiger partial charge in [0.2, 0.25) is 0 Å². The maximum absolute atomic E-state index is 5.80. The average Bonchev–Trinajstić information content (AvgIpc) is 2.40. The van der Waals surface area contributed by atoms with E-state index in [0.717, 1.165) is 26.0 Å². The van der Waals surface area contributed by atoms with E-state index < -0.39 is 0 Å². The van der Waals surface area contributed by atoms with Crippen LogP contribution in [0.5, 0.6) is 11.5 Å². The van der Waals surface area contributed by atoms with Crippen LogP contribution in [0.4, 0.5) is 5.69 Å². The van der Waals surface area contributed by atoms with Gasteiger partial charge in [0.1, 0.15) is 18.1 Å². The van der Waals surface area contributed by atoms with Crippen molar-refractivity contribution in [2.75, 3.05) is 12.8 Å². The average molecular weight is 387 g/mol. The molecule has 0 fully saturated rings. The lowest BCUT2D eigenvalue weighted by atomic mass is 10.2. The zero-order valence-corrected chi connectivity index (χ0v) is 13.5. The van der Waals surface area contributed by atoms with Crippen molar-refractivity contribution < 1.29 is 9.47 Å². The number of halogens is 2. The van der Waals surface area contributed by atoms with E-state index in [9.17, 15) is 0 Å². The summed E-state index contributed by atoms with van der Waals surface area (Å²) in [4.78, 5) is 0. The SMILES string of the molecule is COc1ccc(COc2cccc(N)c2Br)cc1Br. The van der Waals surface area contributed by atoms with Gasteiger partial charge in [0.25, 0.3) is 0 Å². The Hall–Kier alpha value is -1.20. The first-order valence-electron chi connectivity index (χ1n) is 5.61. The van der Waals surface area contributed by atoms with E-state index in [1.54, 1.807) is 7.11 Å². The number of ether oxygens (including phenoxy) is 2. The lowest BCUT2D eigenvalue weighted by molar-refractivity contribution is 0.304. The van der Waals surface area contributed by atoms with Crippen LogP contribution in [-0.4, -0.2) is 7.11 Å². The van der Waals surface area contributed by atoms with Crippen molar-refractivity contribution >= 4 is 37.5 Å². The molecular formula is C14H13Br2NO2. The lowest BCUT2D eigenvalue weighted by Crippen LogP contribution is -1.98. The highest BCUT2D eigenvalue weighted by atomic mass is 79.9. The van der Waals surface area contributed by atoms with Crippen LogP contribution < -0.4 is 15.2 Å². The number of methoxy groups -OCH3 is 1. The Morgan fingerprint density at radius 3 is 2.58 bits per heavy atom. The van der Waals surface area contributed by atoms with Gasteiger partial charge in [-0.2, -0.15) is 0 Å². The topological polar surface area (TPSA) is 44.5 Å². The molecule has 5 heteroatoms. The van der Waals surface area contributed by atoms with Gasteiger partial charge >= 0.3 is 0 Å². The third kappa shape index (κ3) is 3.42. The van der Waals surface area contributed by atoms with Crippen LogP contribution in [0.3, 0.4) is 0 Å². The zero-order valence-electron chi connectivity index (χ0n) is 10.3. The van der Waals surface area contributed by atoms with E-state index in [2.05, 4.69) is 31.9 Å². The second-order valence-corrected chi connectivity index (χ2v) is 5.56. The molecule has 0 aliphatic heterocycles. The summed E-state index contributed by atoms with van der Waals surface area (Å²) in [5.41, 5.74) is 7.50. The molecule has 0 unspecified atom stereocenters. The van der Waals surface area contributed by atoms with Crippen molar-refractivity contribution in [2.45, 2.75) is 6.61 Å². The Labute approximate surface area is 129 Å². The Bertz CT molecular complexity index is 588. The summed E-state index contributed by atoms with van der Waals surface area (Å²) < 4.78 is 12.6. The molecule has 0 aliphatic carbocycles. The number of hydrogen-bond donors (Lipinski definition) is 1. The molecule has 0 aromatic heterocycles. The largest absolute Gasteiger partial charge is 0.496 e. The van der Waals surface area contributed by atoms with Crippen LogP contribution in [0.25, 0.3) is 0 Å². The smallest absolute Gasteiger partial charge is 0.136 e. The molecule has 0 heterocycles. The lowest BCUT2D eigenvalue weighted by Gasteiger charge is -2.11. The van der Waals surface area contributed by atoms with E-state index in [1.165, 1.54) is 0 Å². The summed E-state index contributed by atoms with van der Waals surface area (Å²) in [5.74, 6) is 1.53. The monoisotopic (exact) mass is 385 g/mol. The molecule has 0 saturated carbocycles. The van der Waals surface area contributed by atoms with Gasteiger partial charge in [0, 0.05) is 5.69 Å². The summed E-state index contributed by atoms with van der Waals surface area (Å²) in [6, 6.07) is 11.4. The summed E-state index contributed by atoms with van der Waals surface area (Å²) >= 11 is 6.86. The summed E-state index contributed by atoms with van der Waals surface area (Å²) in [5, 5.41) is 0. The number of nitrogens with two attached hydrogens (primary N) is 1. The Morgan fingerprint density at radius 1 is 1.11 bits per heavy atom. The van der Waals surface area contributed by atoms with Gasteiger partial charge in [-0.1, -0.05) is 12.1 Å². The third-order valence-electron chi connectivity index (χ3n) is 2.60. The second kappa shape index (κ2) is 6.30. The standard InChI is InChI=1S/C14H13Br2NO2/c1-18-12-6-5-9(7-10(12)15)8-19-13-4-2-3-11(17)14(13)16/h2-7H,8,17H2,1H3. The van der Waals surface area contributed by atoms with Crippen molar-refractivity contribution in [1.82, 2.24) is 0 Å². The summed E-state index contributed by atoms with van der Waals surface area (Å²) in [6.45, 7) is 0.463. The van der Waals surface area contributed by atoms with Crippen LogP contribution in [-0.2, 0) is 6.61 Å². The molecule has 0 bridgehead atoms. The summed E-state index contributed by atoms with van der Waals surface area (Å²) in [7, 11) is 1.64. The van der Waals surface area contributed by atoms with Crippen LogP contribution in [0.1, 0.15) is 5.56 Å². The molecule has 2 rings (SSSR count). The number of rotatable bonds is 4. The van der Waals surface area contributed by atoms with E-state index >= 15 is 0 Å². The fraction of sp³-hybridized carbons (Fsp3) is 0.143. The van der Waals surface area contributed by atoms with Gasteiger partial charge in [-0.3, -0.25) is 0 Å². The van der Waals surface area contributed by atoms with Crippen LogP contribution >= 0.6 is 31.9 Å². The van der Waals surface area contributed by atoms with Gasteiger partial charge in [0.15, 0.2) is 0 Å². The van der Waals surface area contributed by atoms with E-state index in [-0.39, 0.29) is 0 Å². The number of nitrogen functional groups attached to an aromatic ring is 1. The molecule has 0 saturated heterocycles. The Morgan fingerprint density at radius 2 is 1.89 bits per heavy atom. The van der Waals surface area contributed by atoms with Crippen LogP contribution in [0.2, 0.25) is 0 Å². The number of benzene rings is 2. The van der Waals surface area contributed by atoms with Crippen LogP contribution in [0.15, 0.2) is 45.3 Å². The minimum absolute atomic E-state index is 0.463. The predicted octanol–water partition coefficient (Wildman–Crippen LogP) is 4.38. The highest BCUT2D eigenvalue weighted by molar-refractivity contribution is 9.11. The van der Waals surface area contributed by atoms with Crippen molar-refractivity contribution in [3.8, 4) is 11.5 Å². The molecule has 3 nitrogen and oxygen atoms in total. The van der Waals surface area contributed by atoms with Gasteiger partial charge in [-0.05, 0) is 61.7 Å². The quantitative estimate of drug-likeness (QED) is 0.793. The Balaban J connectivity index is 2.10. The zero-order chi connectivity index (χ0) is 13.8. The molecule has 0 spiro atoms. The van der Waals surface area contributed by atoms with Crippen LogP contribution in [0, 0.1) is 0 Å². The molecule has 2 aromatic rings. The maximum atomic E-state index is 5.80. The minimum Gasteiger partial charge on any atom is -0.496 e. The molecular weight excluding hydrogens is 374 g/mol. The maximum Gasteiger partial charge on any atom is 0.136 e. The fourth-order valence-corrected chi connectivity index (χ4v) is 2.57. The van der Waals surface area contributed by atoms with Gasteiger partial charge in [0.05, 0.1) is 16.1 Å². The molecule has 0 amide bonds. The van der Waals surface area contributed by atoms with Crippen molar-refractivity contribution in [3.05, 3.63) is 50.9 Å². The molecule has 19 heavy (non-hydrogen) atoms. The molecule has 2 aromatic carbocycles. The fourth-order valence-electron chi connectivity index (χ4n) is 1.60. The highest BCUT2D eigenvalue weighted by Gasteiger charge is 2.06. The van der Waals surface area contributed by atoms with Gasteiger partial charge in [-0.15, -0.1) is 0 Å². The first-order chi connectivity index (χ1) is 9.11. The minimum atomic E-state index is 0.463. The molecule has 2 N–H and O–H groups in total. The number of hydrogen-bond acceptors (Lipinski definition) is 3. The highest BCUT2D eigenvalue weighted by Crippen LogP contribution is 2.31. The molecule has 0 atom stereocenters. The van der Waals surface area contributed by atoms with Crippen molar-refractivity contribution in [2.24, 2.45) is 0 Å². The Kier molecular flexibility index (Phi) is 4.71.